The van der Waals surface area contributed by atoms with Gasteiger partial charge < -0.3 is 10.4 Å². The minimum absolute atomic E-state index is 0.0831. The van der Waals surface area contributed by atoms with E-state index in [0.717, 1.165) is 17.3 Å². The van der Waals surface area contributed by atoms with E-state index in [-0.39, 0.29) is 17.7 Å². The lowest BCUT2D eigenvalue weighted by Crippen LogP contribution is -2.23. The van der Waals surface area contributed by atoms with E-state index in [4.69, 9.17) is 5.11 Å². The van der Waals surface area contributed by atoms with E-state index in [2.05, 4.69) is 10.4 Å². The van der Waals surface area contributed by atoms with Crippen LogP contribution in [0.15, 0.2) is 18.3 Å². The van der Waals surface area contributed by atoms with Crippen LogP contribution in [-0.2, 0) is 7.05 Å². The molecule has 2 N–H and O–H groups in total. The summed E-state index contributed by atoms with van der Waals surface area (Å²) in [5.41, 5.74) is 1.44. The topological polar surface area (TPSA) is 67.2 Å². The summed E-state index contributed by atoms with van der Waals surface area (Å²) < 4.78 is 15.7. The number of amides is 1. The summed E-state index contributed by atoms with van der Waals surface area (Å²) >= 11 is 0. The predicted octanol–water partition coefficient (Wildman–Crippen LogP) is 2.08. The first kappa shape index (κ1) is 12.0. The SMILES string of the molecule is Cn1cc2c([C@H]3C[C@@H]3CNC(=O)O)c(F)ccc2n1. The Kier molecular flexibility index (Phi) is 2.66. The Balaban J connectivity index is 1.89. The molecule has 1 saturated carbocycles. The quantitative estimate of drug-likeness (QED) is 0.891. The van der Waals surface area contributed by atoms with Gasteiger partial charge in [0.25, 0.3) is 0 Å². The highest BCUT2D eigenvalue weighted by molar-refractivity contribution is 5.83. The third-order valence-electron chi connectivity index (χ3n) is 3.60. The van der Waals surface area contributed by atoms with Gasteiger partial charge in [-0.15, -0.1) is 0 Å². The van der Waals surface area contributed by atoms with Gasteiger partial charge >= 0.3 is 6.09 Å². The number of aryl methyl sites for hydroxylation is 1. The molecule has 100 valence electrons. The van der Waals surface area contributed by atoms with E-state index in [0.29, 0.717) is 12.1 Å². The van der Waals surface area contributed by atoms with E-state index in [9.17, 15) is 9.18 Å². The zero-order valence-corrected chi connectivity index (χ0v) is 10.4. The van der Waals surface area contributed by atoms with Gasteiger partial charge in [-0.25, -0.2) is 9.18 Å². The fourth-order valence-corrected chi connectivity index (χ4v) is 2.63. The largest absolute Gasteiger partial charge is 0.465 e. The molecule has 1 aromatic heterocycles. The summed E-state index contributed by atoms with van der Waals surface area (Å²) in [6, 6.07) is 3.10. The number of hydrogen-bond donors (Lipinski definition) is 2. The second-order valence-electron chi connectivity index (χ2n) is 4.98. The minimum atomic E-state index is -1.04. The molecule has 0 unspecified atom stereocenters. The standard InChI is InChI=1S/C13H14FN3O2/c1-17-6-9-11(16-17)3-2-10(14)12(9)8-4-7(8)5-15-13(18)19/h2-3,6-8,15H,4-5H2,1H3,(H,18,19)/t7-,8+/m1/s1. The first-order valence-corrected chi connectivity index (χ1v) is 6.15. The molecule has 0 saturated heterocycles. The summed E-state index contributed by atoms with van der Waals surface area (Å²) in [5.74, 6) is 0.0273. The Morgan fingerprint density at radius 2 is 2.42 bits per heavy atom. The minimum Gasteiger partial charge on any atom is -0.465 e. The number of rotatable bonds is 3. The molecule has 1 aromatic carbocycles. The molecule has 1 aliphatic carbocycles. The Labute approximate surface area is 109 Å². The maximum Gasteiger partial charge on any atom is 0.404 e. The maximum absolute atomic E-state index is 14.0. The molecule has 2 atom stereocenters. The van der Waals surface area contributed by atoms with Crippen LogP contribution in [0.3, 0.4) is 0 Å². The Morgan fingerprint density at radius 1 is 1.63 bits per heavy atom. The van der Waals surface area contributed by atoms with Crippen molar-refractivity contribution < 1.29 is 14.3 Å². The van der Waals surface area contributed by atoms with E-state index in [1.165, 1.54) is 6.07 Å². The van der Waals surface area contributed by atoms with Crippen LogP contribution in [0.4, 0.5) is 9.18 Å². The van der Waals surface area contributed by atoms with Gasteiger partial charge in [-0.05, 0) is 30.4 Å². The van der Waals surface area contributed by atoms with Crippen molar-refractivity contribution >= 4 is 17.0 Å². The zero-order valence-electron chi connectivity index (χ0n) is 10.4. The summed E-state index contributed by atoms with van der Waals surface area (Å²) in [4.78, 5) is 10.5. The number of carboxylic acid groups (broad SMARTS) is 1. The van der Waals surface area contributed by atoms with E-state index < -0.39 is 6.09 Å². The Bertz CT molecular complexity index is 653. The van der Waals surface area contributed by atoms with Crippen molar-refractivity contribution in [2.75, 3.05) is 6.54 Å². The van der Waals surface area contributed by atoms with Crippen LogP contribution in [0, 0.1) is 11.7 Å². The average Bonchev–Trinajstić information content (AvgIpc) is 3.00. The Morgan fingerprint density at radius 3 is 3.16 bits per heavy atom. The van der Waals surface area contributed by atoms with Crippen molar-refractivity contribution in [3.8, 4) is 0 Å². The molecule has 1 amide bonds. The first-order valence-electron chi connectivity index (χ1n) is 6.15. The Hall–Kier alpha value is -2.11. The van der Waals surface area contributed by atoms with Crippen LogP contribution in [0.1, 0.15) is 17.9 Å². The van der Waals surface area contributed by atoms with Crippen molar-refractivity contribution in [2.45, 2.75) is 12.3 Å². The molecule has 1 heterocycles. The molecule has 19 heavy (non-hydrogen) atoms. The van der Waals surface area contributed by atoms with Crippen LogP contribution >= 0.6 is 0 Å². The highest BCUT2D eigenvalue weighted by Crippen LogP contribution is 2.49. The van der Waals surface area contributed by atoms with Gasteiger partial charge in [0.15, 0.2) is 0 Å². The van der Waals surface area contributed by atoms with Gasteiger partial charge in [0.1, 0.15) is 5.82 Å². The molecule has 3 rings (SSSR count). The summed E-state index contributed by atoms with van der Waals surface area (Å²) in [6.07, 6.45) is 1.59. The van der Waals surface area contributed by atoms with Gasteiger partial charge in [-0.1, -0.05) is 0 Å². The van der Waals surface area contributed by atoms with E-state index in [1.54, 1.807) is 17.8 Å². The second-order valence-corrected chi connectivity index (χ2v) is 4.98. The molecule has 6 heteroatoms. The molecule has 2 aromatic rings. The first-order chi connectivity index (χ1) is 9.06. The number of nitrogens with one attached hydrogen (secondary N) is 1. The third-order valence-corrected chi connectivity index (χ3v) is 3.60. The molecular weight excluding hydrogens is 249 g/mol. The molecule has 0 bridgehead atoms. The lowest BCUT2D eigenvalue weighted by atomic mass is 10.0. The number of fused-ring (bicyclic) bond motifs is 1. The highest BCUT2D eigenvalue weighted by atomic mass is 19.1. The molecule has 1 fully saturated rings. The number of aromatic nitrogens is 2. The highest BCUT2D eigenvalue weighted by Gasteiger charge is 2.41. The van der Waals surface area contributed by atoms with Crippen LogP contribution in [0.2, 0.25) is 0 Å². The van der Waals surface area contributed by atoms with Crippen LogP contribution < -0.4 is 5.32 Å². The van der Waals surface area contributed by atoms with Crippen LogP contribution in [-0.4, -0.2) is 27.5 Å². The zero-order chi connectivity index (χ0) is 13.6. The number of carbonyl (C=O) groups is 1. The van der Waals surface area contributed by atoms with Crippen molar-refractivity contribution in [2.24, 2.45) is 13.0 Å². The van der Waals surface area contributed by atoms with E-state index in [1.807, 2.05) is 6.20 Å². The predicted molar refractivity (Wildman–Crippen MR) is 67.5 cm³/mol. The van der Waals surface area contributed by atoms with Crippen LogP contribution in [0.25, 0.3) is 10.9 Å². The summed E-state index contributed by atoms with van der Waals surface area (Å²) in [7, 11) is 1.80. The number of nitrogens with zero attached hydrogens (tertiary/aromatic N) is 2. The lowest BCUT2D eigenvalue weighted by Gasteiger charge is -2.04. The molecule has 5 nitrogen and oxygen atoms in total. The molecule has 0 radical (unpaired) electrons. The fraction of sp³-hybridized carbons (Fsp3) is 0.385. The van der Waals surface area contributed by atoms with Gasteiger partial charge in [0.2, 0.25) is 0 Å². The number of benzene rings is 1. The van der Waals surface area contributed by atoms with Crippen LogP contribution in [0.5, 0.6) is 0 Å². The maximum atomic E-state index is 14.0. The smallest absolute Gasteiger partial charge is 0.404 e. The third kappa shape index (κ3) is 2.14. The lowest BCUT2D eigenvalue weighted by molar-refractivity contribution is 0.194. The molecule has 0 spiro atoms. The van der Waals surface area contributed by atoms with Gasteiger partial charge in [0.05, 0.1) is 5.52 Å². The summed E-state index contributed by atoms with van der Waals surface area (Å²) in [6.45, 7) is 0.371. The van der Waals surface area contributed by atoms with Crippen molar-refractivity contribution in [3.63, 3.8) is 0 Å². The normalized spacial score (nSPS) is 21.6. The summed E-state index contributed by atoms with van der Waals surface area (Å²) in [5, 5.41) is 16.0. The second kappa shape index (κ2) is 4.22. The van der Waals surface area contributed by atoms with E-state index >= 15 is 0 Å². The monoisotopic (exact) mass is 263 g/mol. The average molecular weight is 263 g/mol. The molecular formula is C13H14FN3O2. The van der Waals surface area contributed by atoms with Gasteiger partial charge in [-0.3, -0.25) is 4.68 Å². The molecule has 1 aliphatic rings. The van der Waals surface area contributed by atoms with Gasteiger partial charge in [0, 0.05) is 30.7 Å². The molecule has 0 aliphatic heterocycles. The van der Waals surface area contributed by atoms with Crippen molar-refractivity contribution in [1.29, 1.82) is 0 Å². The fourth-order valence-electron chi connectivity index (χ4n) is 2.63. The number of hydrogen-bond acceptors (Lipinski definition) is 2. The number of halogens is 1. The van der Waals surface area contributed by atoms with Gasteiger partial charge in [-0.2, -0.15) is 5.10 Å². The van der Waals surface area contributed by atoms with Crippen molar-refractivity contribution in [3.05, 3.63) is 29.7 Å². The van der Waals surface area contributed by atoms with Crippen molar-refractivity contribution in [1.82, 2.24) is 15.1 Å².